The normalized spacial score (nSPS) is 11.6. The number of rotatable bonds is 6. The van der Waals surface area contributed by atoms with E-state index >= 15 is 0 Å². The quantitative estimate of drug-likeness (QED) is 0.174. The first kappa shape index (κ1) is 23.5. The molecule has 0 aliphatic rings. The number of carbonyl (C=O) groups is 1. The third-order valence-electron chi connectivity index (χ3n) is 6.88. The molecule has 3 heterocycles. The maximum absolute atomic E-state index is 13.4. The molecule has 0 spiro atoms. The minimum Gasteiger partial charge on any atom is -0.354 e. The SMILES string of the molecule is O=C(/C=C/c1cn(-c2nc3ccccc3[nH]2)nc1-c1c(-c2ccccc2)[nH]c2ccccc12)c1ccc(F)cc1. The molecule has 7 heteroatoms. The van der Waals surface area contributed by atoms with Crippen LogP contribution in [0.4, 0.5) is 4.39 Å². The fraction of sp³-hybridized carbons (Fsp3) is 0. The lowest BCUT2D eigenvalue weighted by Gasteiger charge is -2.04. The van der Waals surface area contributed by atoms with Crippen molar-refractivity contribution < 1.29 is 9.18 Å². The predicted octanol–water partition coefficient (Wildman–Crippen LogP) is 7.60. The van der Waals surface area contributed by atoms with Crippen LogP contribution in [0.5, 0.6) is 0 Å². The maximum atomic E-state index is 13.4. The van der Waals surface area contributed by atoms with Crippen LogP contribution in [-0.2, 0) is 0 Å². The van der Waals surface area contributed by atoms with Gasteiger partial charge in [0.05, 0.1) is 16.7 Å². The second-order valence-corrected chi connectivity index (χ2v) is 9.45. The Morgan fingerprint density at radius 2 is 1.52 bits per heavy atom. The van der Waals surface area contributed by atoms with Crippen molar-refractivity contribution in [1.82, 2.24) is 24.7 Å². The summed E-state index contributed by atoms with van der Waals surface area (Å²) in [7, 11) is 0. The van der Waals surface area contributed by atoms with Gasteiger partial charge in [-0.25, -0.2) is 14.1 Å². The summed E-state index contributed by atoms with van der Waals surface area (Å²) >= 11 is 0. The maximum Gasteiger partial charge on any atom is 0.229 e. The third-order valence-corrected chi connectivity index (χ3v) is 6.88. The van der Waals surface area contributed by atoms with Crippen LogP contribution in [0.1, 0.15) is 15.9 Å². The summed E-state index contributed by atoms with van der Waals surface area (Å²) in [5, 5.41) is 6.02. The molecule has 0 bridgehead atoms. The highest BCUT2D eigenvalue weighted by atomic mass is 19.1. The van der Waals surface area contributed by atoms with Gasteiger partial charge in [0.25, 0.3) is 0 Å². The molecular formula is C33H22FN5O. The van der Waals surface area contributed by atoms with Gasteiger partial charge in [0.15, 0.2) is 5.78 Å². The van der Waals surface area contributed by atoms with Crippen molar-refractivity contribution >= 4 is 33.8 Å². The number of nitrogens with zero attached hydrogens (tertiary/aromatic N) is 3. The molecule has 0 unspecified atom stereocenters. The zero-order valence-electron chi connectivity index (χ0n) is 21.2. The van der Waals surface area contributed by atoms with Gasteiger partial charge in [-0.2, -0.15) is 5.10 Å². The summed E-state index contributed by atoms with van der Waals surface area (Å²) < 4.78 is 15.1. The van der Waals surface area contributed by atoms with E-state index in [1.54, 1.807) is 10.8 Å². The molecular weight excluding hydrogens is 501 g/mol. The second kappa shape index (κ2) is 9.63. The van der Waals surface area contributed by atoms with Gasteiger partial charge in [-0.1, -0.05) is 60.7 Å². The highest BCUT2D eigenvalue weighted by Crippen LogP contribution is 2.39. The molecule has 2 N–H and O–H groups in total. The first-order valence-corrected chi connectivity index (χ1v) is 12.8. The molecule has 6 nitrogen and oxygen atoms in total. The molecule has 4 aromatic carbocycles. The van der Waals surface area contributed by atoms with Gasteiger partial charge >= 0.3 is 0 Å². The number of H-pyrrole nitrogens is 2. The molecule has 7 rings (SSSR count). The number of carbonyl (C=O) groups excluding carboxylic acids is 1. The smallest absolute Gasteiger partial charge is 0.229 e. The van der Waals surface area contributed by atoms with E-state index in [1.807, 2.05) is 66.9 Å². The Hall–Kier alpha value is -5.56. The average molecular weight is 524 g/mol. The Kier molecular flexibility index (Phi) is 5.67. The van der Waals surface area contributed by atoms with Crippen LogP contribution in [0.2, 0.25) is 0 Å². The number of aromatic nitrogens is 5. The molecule has 0 radical (unpaired) electrons. The van der Waals surface area contributed by atoms with E-state index in [9.17, 15) is 9.18 Å². The van der Waals surface area contributed by atoms with Crippen molar-refractivity contribution in [3.63, 3.8) is 0 Å². The molecule has 0 amide bonds. The highest BCUT2D eigenvalue weighted by Gasteiger charge is 2.21. The standard InChI is InChI=1S/C33H22FN5O/c34-24-17-14-21(15-18-24)29(40)19-16-23-20-39(33-36-27-12-6-7-13-28(27)37-33)38-32(23)30-25-10-4-5-11-26(25)35-31(30)22-8-2-1-3-9-22/h1-20,35H,(H,36,37)/b19-16+. The summed E-state index contributed by atoms with van der Waals surface area (Å²) in [6.45, 7) is 0. The Balaban J connectivity index is 1.42. The van der Waals surface area contributed by atoms with Crippen molar-refractivity contribution in [2.75, 3.05) is 0 Å². The first-order chi connectivity index (χ1) is 19.6. The lowest BCUT2D eigenvalue weighted by molar-refractivity contribution is 0.104. The molecule has 0 atom stereocenters. The van der Waals surface area contributed by atoms with E-state index in [1.165, 1.54) is 30.3 Å². The predicted molar refractivity (Wildman–Crippen MR) is 156 cm³/mol. The van der Waals surface area contributed by atoms with Crippen LogP contribution in [0.25, 0.3) is 56.5 Å². The van der Waals surface area contributed by atoms with Crippen molar-refractivity contribution in [3.8, 4) is 28.5 Å². The van der Waals surface area contributed by atoms with E-state index < -0.39 is 0 Å². The fourth-order valence-electron chi connectivity index (χ4n) is 4.94. The molecule has 7 aromatic rings. The van der Waals surface area contributed by atoms with Gasteiger partial charge in [0.2, 0.25) is 5.95 Å². The Morgan fingerprint density at radius 1 is 0.800 bits per heavy atom. The fourth-order valence-corrected chi connectivity index (χ4v) is 4.94. The first-order valence-electron chi connectivity index (χ1n) is 12.8. The number of benzene rings is 4. The van der Waals surface area contributed by atoms with Gasteiger partial charge in [0.1, 0.15) is 11.5 Å². The lowest BCUT2D eigenvalue weighted by Crippen LogP contribution is -1.97. The number of hydrogen-bond acceptors (Lipinski definition) is 3. The molecule has 192 valence electrons. The van der Waals surface area contributed by atoms with E-state index in [2.05, 4.69) is 28.2 Å². The molecule has 0 fully saturated rings. The van der Waals surface area contributed by atoms with Crippen LogP contribution in [0, 0.1) is 5.82 Å². The van der Waals surface area contributed by atoms with Crippen LogP contribution in [-0.4, -0.2) is 30.5 Å². The van der Waals surface area contributed by atoms with Gasteiger partial charge < -0.3 is 9.97 Å². The third kappa shape index (κ3) is 4.19. The number of allylic oxidation sites excluding steroid dienone is 1. The topological polar surface area (TPSA) is 79.4 Å². The number of halogens is 1. The number of hydrogen-bond donors (Lipinski definition) is 2. The van der Waals surface area contributed by atoms with E-state index in [0.717, 1.165) is 44.3 Å². The van der Waals surface area contributed by atoms with Crippen molar-refractivity contribution in [2.45, 2.75) is 0 Å². The summed E-state index contributed by atoms with van der Waals surface area (Å²) in [5.41, 5.74) is 7.40. The molecule has 40 heavy (non-hydrogen) atoms. The number of nitrogens with one attached hydrogen (secondary N) is 2. The Morgan fingerprint density at radius 3 is 2.33 bits per heavy atom. The summed E-state index contributed by atoms with van der Waals surface area (Å²) in [4.78, 5) is 24.6. The van der Waals surface area contributed by atoms with E-state index in [-0.39, 0.29) is 11.6 Å². The van der Waals surface area contributed by atoms with Crippen LogP contribution in [0.15, 0.2) is 115 Å². The Bertz CT molecular complexity index is 2000. The minimum atomic E-state index is -0.386. The monoisotopic (exact) mass is 523 g/mol. The number of para-hydroxylation sites is 3. The van der Waals surface area contributed by atoms with Gasteiger partial charge in [-0.05, 0) is 60.2 Å². The number of imidazole rings is 1. The van der Waals surface area contributed by atoms with Crippen molar-refractivity contribution in [1.29, 1.82) is 0 Å². The number of aromatic amines is 2. The largest absolute Gasteiger partial charge is 0.354 e. The van der Waals surface area contributed by atoms with E-state index in [4.69, 9.17) is 10.1 Å². The minimum absolute atomic E-state index is 0.232. The highest BCUT2D eigenvalue weighted by molar-refractivity contribution is 6.08. The van der Waals surface area contributed by atoms with Gasteiger partial charge in [-0.3, -0.25) is 4.79 Å². The molecule has 0 aliphatic heterocycles. The molecule has 3 aromatic heterocycles. The molecule has 0 saturated carbocycles. The van der Waals surface area contributed by atoms with Gasteiger partial charge in [-0.15, -0.1) is 0 Å². The van der Waals surface area contributed by atoms with Crippen LogP contribution >= 0.6 is 0 Å². The Labute approximate surface area is 228 Å². The summed E-state index contributed by atoms with van der Waals surface area (Å²) in [5.74, 6) is -0.0552. The number of ketones is 1. The number of fused-ring (bicyclic) bond motifs is 2. The molecule has 0 aliphatic carbocycles. The van der Waals surface area contributed by atoms with Crippen molar-refractivity contribution in [2.24, 2.45) is 0 Å². The summed E-state index contributed by atoms with van der Waals surface area (Å²) in [6, 6.07) is 31.5. The average Bonchev–Trinajstić information content (AvgIpc) is 3.71. The van der Waals surface area contributed by atoms with E-state index in [0.29, 0.717) is 17.2 Å². The lowest BCUT2D eigenvalue weighted by atomic mass is 9.99. The van der Waals surface area contributed by atoms with Gasteiger partial charge in [0, 0.05) is 33.8 Å². The zero-order valence-corrected chi connectivity index (χ0v) is 21.2. The van der Waals surface area contributed by atoms with Crippen LogP contribution < -0.4 is 0 Å². The second-order valence-electron chi connectivity index (χ2n) is 9.45. The van der Waals surface area contributed by atoms with Crippen LogP contribution in [0.3, 0.4) is 0 Å². The zero-order chi connectivity index (χ0) is 27.1. The van der Waals surface area contributed by atoms with Crippen molar-refractivity contribution in [3.05, 3.63) is 132 Å². The summed E-state index contributed by atoms with van der Waals surface area (Å²) in [6.07, 6.45) is 5.11. The molecule has 0 saturated heterocycles.